The Labute approximate surface area is 120 Å². The number of benzene rings is 1. The average Bonchev–Trinajstić information content (AvgIpc) is 2.95. The lowest BCUT2D eigenvalue weighted by Crippen LogP contribution is -2.39. The van der Waals surface area contributed by atoms with E-state index < -0.39 is 16.9 Å². The van der Waals surface area contributed by atoms with E-state index in [1.807, 2.05) is 0 Å². The third-order valence-corrected chi connectivity index (χ3v) is 3.34. The van der Waals surface area contributed by atoms with Crippen LogP contribution in [0.1, 0.15) is 18.4 Å². The van der Waals surface area contributed by atoms with Gasteiger partial charge in [-0.25, -0.2) is 4.79 Å². The average molecular weight is 290 g/mol. The lowest BCUT2D eigenvalue weighted by atomic mass is 10.2. The Morgan fingerprint density at radius 1 is 1.33 bits per heavy atom. The SMILES string of the molecule is O=C(O)[C@@H]1CCCN1C(=O)/C=C/c1ccc([N+](=O)[O-])cc1. The molecule has 1 fully saturated rings. The Morgan fingerprint density at radius 3 is 2.57 bits per heavy atom. The fourth-order valence-electron chi connectivity index (χ4n) is 2.26. The van der Waals surface area contributed by atoms with Crippen molar-refractivity contribution >= 4 is 23.6 Å². The minimum Gasteiger partial charge on any atom is -0.480 e. The van der Waals surface area contributed by atoms with Gasteiger partial charge in [-0.3, -0.25) is 14.9 Å². The van der Waals surface area contributed by atoms with Crippen LogP contribution in [-0.4, -0.2) is 39.4 Å². The molecule has 1 aromatic carbocycles. The second kappa shape index (κ2) is 6.17. The molecule has 1 heterocycles. The molecule has 1 amide bonds. The molecular formula is C14H14N2O5. The first-order valence-electron chi connectivity index (χ1n) is 6.45. The summed E-state index contributed by atoms with van der Waals surface area (Å²) in [6.07, 6.45) is 3.95. The number of carboxylic acids is 1. The lowest BCUT2D eigenvalue weighted by molar-refractivity contribution is -0.384. The zero-order valence-corrected chi connectivity index (χ0v) is 11.1. The molecule has 1 atom stereocenters. The Balaban J connectivity index is 2.05. The number of carbonyl (C=O) groups excluding carboxylic acids is 1. The molecule has 21 heavy (non-hydrogen) atoms. The predicted octanol–water partition coefficient (Wildman–Crippen LogP) is 1.68. The number of nitro groups is 1. The van der Waals surface area contributed by atoms with Crippen molar-refractivity contribution in [1.82, 2.24) is 4.90 Å². The summed E-state index contributed by atoms with van der Waals surface area (Å²) < 4.78 is 0. The molecule has 7 nitrogen and oxygen atoms in total. The van der Waals surface area contributed by atoms with E-state index in [4.69, 9.17) is 5.11 Å². The highest BCUT2D eigenvalue weighted by molar-refractivity contribution is 5.94. The lowest BCUT2D eigenvalue weighted by Gasteiger charge is -2.19. The molecule has 1 aromatic rings. The van der Waals surface area contributed by atoms with Gasteiger partial charge in [0.05, 0.1) is 4.92 Å². The van der Waals surface area contributed by atoms with Crippen molar-refractivity contribution in [2.45, 2.75) is 18.9 Å². The first kappa shape index (κ1) is 14.7. The van der Waals surface area contributed by atoms with Gasteiger partial charge in [-0.1, -0.05) is 0 Å². The van der Waals surface area contributed by atoms with Gasteiger partial charge in [-0.15, -0.1) is 0 Å². The van der Waals surface area contributed by atoms with Crippen LogP contribution in [-0.2, 0) is 9.59 Å². The van der Waals surface area contributed by atoms with Gasteiger partial charge in [-0.05, 0) is 36.6 Å². The van der Waals surface area contributed by atoms with Crippen molar-refractivity contribution < 1.29 is 19.6 Å². The van der Waals surface area contributed by atoms with Gasteiger partial charge < -0.3 is 10.0 Å². The Kier molecular flexibility index (Phi) is 4.32. The van der Waals surface area contributed by atoms with Crippen LogP contribution < -0.4 is 0 Å². The van der Waals surface area contributed by atoms with Gasteiger partial charge in [-0.2, -0.15) is 0 Å². The minimum absolute atomic E-state index is 0.0241. The molecule has 0 unspecified atom stereocenters. The molecule has 0 aromatic heterocycles. The van der Waals surface area contributed by atoms with E-state index in [0.29, 0.717) is 24.9 Å². The normalized spacial score (nSPS) is 18.1. The number of hydrogen-bond acceptors (Lipinski definition) is 4. The van der Waals surface area contributed by atoms with Crippen molar-refractivity contribution in [3.63, 3.8) is 0 Å². The van der Waals surface area contributed by atoms with E-state index in [9.17, 15) is 19.7 Å². The molecule has 1 saturated heterocycles. The number of likely N-dealkylation sites (tertiary alicyclic amines) is 1. The van der Waals surface area contributed by atoms with Gasteiger partial charge in [0.25, 0.3) is 5.69 Å². The topological polar surface area (TPSA) is 101 Å². The van der Waals surface area contributed by atoms with Crippen LogP contribution in [0.15, 0.2) is 30.3 Å². The summed E-state index contributed by atoms with van der Waals surface area (Å²) in [6.45, 7) is 0.431. The van der Waals surface area contributed by atoms with Crippen LogP contribution in [0, 0.1) is 10.1 Å². The Bertz CT molecular complexity index is 594. The summed E-state index contributed by atoms with van der Waals surface area (Å²) in [5, 5.41) is 19.5. The number of nitro benzene ring substituents is 1. The highest BCUT2D eigenvalue weighted by Crippen LogP contribution is 2.18. The Hall–Kier alpha value is -2.70. The molecule has 0 radical (unpaired) electrons. The summed E-state index contributed by atoms with van der Waals surface area (Å²) in [6, 6.07) is 4.99. The molecule has 1 aliphatic rings. The largest absolute Gasteiger partial charge is 0.480 e. The van der Waals surface area contributed by atoms with E-state index in [2.05, 4.69) is 0 Å². The van der Waals surface area contributed by atoms with E-state index >= 15 is 0 Å². The number of amides is 1. The van der Waals surface area contributed by atoms with Gasteiger partial charge in [0.2, 0.25) is 5.91 Å². The standard InChI is InChI=1S/C14H14N2O5/c17-13(15-9-1-2-12(15)14(18)19)8-5-10-3-6-11(7-4-10)16(20)21/h3-8,12H,1-2,9H2,(H,18,19)/b8-5+/t12-/m0/s1. The molecule has 0 bridgehead atoms. The number of carboxylic acid groups (broad SMARTS) is 1. The zero-order valence-electron chi connectivity index (χ0n) is 11.1. The number of carbonyl (C=O) groups is 2. The maximum atomic E-state index is 12.0. The number of rotatable bonds is 4. The first-order valence-corrected chi connectivity index (χ1v) is 6.45. The third-order valence-electron chi connectivity index (χ3n) is 3.34. The summed E-state index contributed by atoms with van der Waals surface area (Å²) in [5.41, 5.74) is 0.615. The second-order valence-electron chi connectivity index (χ2n) is 4.71. The van der Waals surface area contributed by atoms with Crippen LogP contribution in [0.25, 0.3) is 6.08 Å². The number of non-ortho nitro benzene ring substituents is 1. The van der Waals surface area contributed by atoms with Crippen molar-refractivity contribution in [3.05, 3.63) is 46.0 Å². The molecule has 1 N–H and O–H groups in total. The summed E-state index contributed by atoms with van der Waals surface area (Å²) >= 11 is 0. The third kappa shape index (κ3) is 3.44. The van der Waals surface area contributed by atoms with Crippen LogP contribution in [0.5, 0.6) is 0 Å². The van der Waals surface area contributed by atoms with Crippen molar-refractivity contribution in [3.8, 4) is 0 Å². The van der Waals surface area contributed by atoms with Gasteiger partial charge in [0.15, 0.2) is 0 Å². The summed E-state index contributed by atoms with van der Waals surface area (Å²) in [7, 11) is 0. The zero-order chi connectivity index (χ0) is 15.4. The van der Waals surface area contributed by atoms with E-state index in [1.54, 1.807) is 0 Å². The quantitative estimate of drug-likeness (QED) is 0.516. The van der Waals surface area contributed by atoms with E-state index in [0.717, 1.165) is 0 Å². The minimum atomic E-state index is -0.996. The summed E-state index contributed by atoms with van der Waals surface area (Å²) in [4.78, 5) is 34.3. The predicted molar refractivity (Wildman–Crippen MR) is 74.5 cm³/mol. The number of nitrogens with zero attached hydrogens (tertiary/aromatic N) is 2. The molecule has 0 aliphatic carbocycles. The smallest absolute Gasteiger partial charge is 0.326 e. The van der Waals surface area contributed by atoms with Crippen LogP contribution in [0.4, 0.5) is 5.69 Å². The van der Waals surface area contributed by atoms with Crippen molar-refractivity contribution in [2.75, 3.05) is 6.54 Å². The molecule has 2 rings (SSSR count). The molecule has 0 saturated carbocycles. The van der Waals surface area contributed by atoms with E-state index in [-0.39, 0.29) is 11.6 Å². The van der Waals surface area contributed by atoms with Gasteiger partial charge in [0, 0.05) is 24.8 Å². The van der Waals surface area contributed by atoms with Gasteiger partial charge >= 0.3 is 5.97 Å². The highest BCUT2D eigenvalue weighted by atomic mass is 16.6. The molecule has 7 heteroatoms. The Morgan fingerprint density at radius 2 is 2.00 bits per heavy atom. The monoisotopic (exact) mass is 290 g/mol. The fraction of sp³-hybridized carbons (Fsp3) is 0.286. The number of aliphatic carboxylic acids is 1. The maximum absolute atomic E-state index is 12.0. The van der Waals surface area contributed by atoms with Crippen molar-refractivity contribution in [1.29, 1.82) is 0 Å². The number of hydrogen-bond donors (Lipinski definition) is 1. The second-order valence-corrected chi connectivity index (χ2v) is 4.71. The van der Waals surface area contributed by atoms with E-state index in [1.165, 1.54) is 41.3 Å². The first-order chi connectivity index (χ1) is 9.99. The molecule has 110 valence electrons. The molecule has 1 aliphatic heterocycles. The van der Waals surface area contributed by atoms with Crippen LogP contribution in [0.2, 0.25) is 0 Å². The van der Waals surface area contributed by atoms with Crippen LogP contribution in [0.3, 0.4) is 0 Å². The fourth-order valence-corrected chi connectivity index (χ4v) is 2.26. The maximum Gasteiger partial charge on any atom is 0.326 e. The molecule has 0 spiro atoms. The van der Waals surface area contributed by atoms with Crippen LogP contribution >= 0.6 is 0 Å². The van der Waals surface area contributed by atoms with Gasteiger partial charge in [0.1, 0.15) is 6.04 Å². The highest BCUT2D eigenvalue weighted by Gasteiger charge is 2.32. The van der Waals surface area contributed by atoms with Crippen molar-refractivity contribution in [2.24, 2.45) is 0 Å². The summed E-state index contributed by atoms with van der Waals surface area (Å²) in [5.74, 6) is -1.36. The molecular weight excluding hydrogens is 276 g/mol.